The summed E-state index contributed by atoms with van der Waals surface area (Å²) in [5, 5.41) is 13.4. The monoisotopic (exact) mass is 423 g/mol. The highest BCUT2D eigenvalue weighted by atomic mass is 16.5. The van der Waals surface area contributed by atoms with Gasteiger partial charge in [0.05, 0.1) is 0 Å². The van der Waals surface area contributed by atoms with Crippen molar-refractivity contribution in [3.05, 3.63) is 59.7 Å². The maximum absolute atomic E-state index is 12.3. The van der Waals surface area contributed by atoms with Crippen LogP contribution in [0.5, 0.6) is 0 Å². The number of hydrogen-bond donors (Lipinski definition) is 2. The van der Waals surface area contributed by atoms with Gasteiger partial charge in [0.1, 0.15) is 6.61 Å². The molecule has 1 atom stereocenters. The van der Waals surface area contributed by atoms with Crippen LogP contribution < -0.4 is 5.32 Å². The van der Waals surface area contributed by atoms with E-state index in [1.165, 1.54) is 67.2 Å². The summed E-state index contributed by atoms with van der Waals surface area (Å²) < 4.78 is 5.51. The first-order valence-corrected chi connectivity index (χ1v) is 12.0. The highest BCUT2D eigenvalue weighted by molar-refractivity contribution is 5.79. The minimum Gasteiger partial charge on any atom is -0.463 e. The fourth-order valence-corrected chi connectivity index (χ4v) is 4.41. The fourth-order valence-electron chi connectivity index (χ4n) is 4.41. The zero-order valence-corrected chi connectivity index (χ0v) is 18.8. The van der Waals surface area contributed by atoms with Crippen molar-refractivity contribution in [1.82, 2.24) is 5.32 Å². The van der Waals surface area contributed by atoms with Crippen LogP contribution in [0.2, 0.25) is 0 Å². The van der Waals surface area contributed by atoms with Gasteiger partial charge in [0.2, 0.25) is 0 Å². The predicted molar refractivity (Wildman–Crippen MR) is 126 cm³/mol. The minimum absolute atomic E-state index is 0.0221. The molecule has 4 nitrogen and oxygen atoms in total. The fraction of sp³-hybridized carbons (Fsp3) is 0.519. The van der Waals surface area contributed by atoms with E-state index in [0.29, 0.717) is 0 Å². The number of aliphatic hydroxyl groups excluding tert-OH is 1. The second-order valence-corrected chi connectivity index (χ2v) is 8.55. The van der Waals surface area contributed by atoms with Gasteiger partial charge < -0.3 is 15.2 Å². The van der Waals surface area contributed by atoms with Crippen molar-refractivity contribution in [2.75, 3.05) is 19.7 Å². The number of unbranched alkanes of at least 4 members (excludes halogenated alkanes) is 7. The maximum atomic E-state index is 12.3. The summed E-state index contributed by atoms with van der Waals surface area (Å²) in [7, 11) is 0. The summed E-state index contributed by atoms with van der Waals surface area (Å²) in [6.45, 7) is 3.56. The zero-order valence-electron chi connectivity index (χ0n) is 18.8. The molecule has 2 aromatic rings. The predicted octanol–water partition coefficient (Wildman–Crippen LogP) is 5.43. The SMILES string of the molecule is CCCCCCCCCCNCC(O)C(=O)OCC1c2ccccc2-c2ccccc21. The Kier molecular flexibility index (Phi) is 9.57. The molecule has 0 amide bonds. The molecule has 1 aliphatic carbocycles. The molecule has 0 aromatic heterocycles. The Morgan fingerprint density at radius 3 is 2.06 bits per heavy atom. The van der Waals surface area contributed by atoms with E-state index in [4.69, 9.17) is 4.74 Å². The van der Waals surface area contributed by atoms with Crippen molar-refractivity contribution in [1.29, 1.82) is 0 Å². The molecule has 1 aliphatic rings. The number of fused-ring (bicyclic) bond motifs is 3. The summed E-state index contributed by atoms with van der Waals surface area (Å²) in [5.74, 6) is -0.529. The third-order valence-electron chi connectivity index (χ3n) is 6.17. The molecule has 0 radical (unpaired) electrons. The first-order valence-electron chi connectivity index (χ1n) is 12.0. The number of benzene rings is 2. The molecule has 1 unspecified atom stereocenters. The quantitative estimate of drug-likeness (QED) is 0.314. The molecule has 2 N–H and O–H groups in total. The first kappa shape index (κ1) is 23.5. The number of carbonyl (C=O) groups is 1. The largest absolute Gasteiger partial charge is 0.463 e. The van der Waals surface area contributed by atoms with Gasteiger partial charge in [-0.3, -0.25) is 0 Å². The summed E-state index contributed by atoms with van der Waals surface area (Å²) in [6.07, 6.45) is 9.03. The Morgan fingerprint density at radius 2 is 1.45 bits per heavy atom. The number of rotatable bonds is 14. The van der Waals surface area contributed by atoms with Gasteiger partial charge in [-0.15, -0.1) is 0 Å². The van der Waals surface area contributed by atoms with E-state index >= 15 is 0 Å². The zero-order chi connectivity index (χ0) is 21.9. The van der Waals surface area contributed by atoms with E-state index in [2.05, 4.69) is 36.5 Å². The average Bonchev–Trinajstić information content (AvgIpc) is 3.12. The molecular weight excluding hydrogens is 386 g/mol. The van der Waals surface area contributed by atoms with Gasteiger partial charge in [-0.1, -0.05) is 100 Å². The Hall–Kier alpha value is -2.17. The van der Waals surface area contributed by atoms with Crippen LogP contribution in [0.15, 0.2) is 48.5 Å². The van der Waals surface area contributed by atoms with E-state index in [0.717, 1.165) is 13.0 Å². The topological polar surface area (TPSA) is 58.6 Å². The van der Waals surface area contributed by atoms with Crippen molar-refractivity contribution in [3.63, 3.8) is 0 Å². The molecule has 0 saturated heterocycles. The lowest BCUT2D eigenvalue weighted by molar-refractivity contribution is -0.153. The molecule has 0 saturated carbocycles. The molecule has 0 aliphatic heterocycles. The molecular formula is C27H37NO3. The van der Waals surface area contributed by atoms with E-state index in [1.54, 1.807) is 0 Å². The van der Waals surface area contributed by atoms with Gasteiger partial charge in [0.25, 0.3) is 0 Å². The van der Waals surface area contributed by atoms with Crippen LogP contribution in [0.3, 0.4) is 0 Å². The molecule has 2 aromatic carbocycles. The average molecular weight is 424 g/mol. The number of aliphatic hydroxyl groups is 1. The molecule has 3 rings (SSSR count). The summed E-state index contributed by atoms with van der Waals surface area (Å²) in [5.41, 5.74) is 4.76. The van der Waals surface area contributed by atoms with Crippen molar-refractivity contribution in [2.45, 2.75) is 70.3 Å². The van der Waals surface area contributed by atoms with E-state index in [9.17, 15) is 9.90 Å². The van der Waals surface area contributed by atoms with Crippen LogP contribution in [0.4, 0.5) is 0 Å². The standard InChI is InChI=1S/C27H37NO3/c1-2-3-4-5-6-7-8-13-18-28-19-26(29)27(30)31-20-25-23-16-11-9-14-21(23)22-15-10-12-17-24(22)25/h9-12,14-17,25-26,28-29H,2-8,13,18-20H2,1H3. The third-order valence-corrected chi connectivity index (χ3v) is 6.17. The van der Waals surface area contributed by atoms with Crippen LogP contribution >= 0.6 is 0 Å². The smallest absolute Gasteiger partial charge is 0.336 e. The van der Waals surface area contributed by atoms with Crippen LogP contribution in [0, 0.1) is 0 Å². The van der Waals surface area contributed by atoms with Gasteiger partial charge in [0, 0.05) is 12.5 Å². The number of hydrogen-bond acceptors (Lipinski definition) is 4. The van der Waals surface area contributed by atoms with Crippen LogP contribution in [0.25, 0.3) is 11.1 Å². The molecule has 0 bridgehead atoms. The number of carbonyl (C=O) groups excluding carboxylic acids is 1. The maximum Gasteiger partial charge on any atom is 0.336 e. The highest BCUT2D eigenvalue weighted by Gasteiger charge is 2.29. The number of ether oxygens (including phenoxy) is 1. The van der Waals surface area contributed by atoms with E-state index in [-0.39, 0.29) is 19.1 Å². The third kappa shape index (κ3) is 6.65. The number of nitrogens with one attached hydrogen (secondary N) is 1. The first-order chi connectivity index (χ1) is 15.2. The molecule has 0 fully saturated rings. The van der Waals surface area contributed by atoms with Crippen molar-refractivity contribution >= 4 is 5.97 Å². The lowest BCUT2D eigenvalue weighted by Gasteiger charge is -2.16. The Labute approximate surface area is 187 Å². The van der Waals surface area contributed by atoms with Crippen LogP contribution in [-0.4, -0.2) is 36.9 Å². The van der Waals surface area contributed by atoms with Gasteiger partial charge in [-0.05, 0) is 35.2 Å². The van der Waals surface area contributed by atoms with Gasteiger partial charge in [-0.25, -0.2) is 4.79 Å². The summed E-state index contributed by atoms with van der Waals surface area (Å²) in [6, 6.07) is 16.5. The summed E-state index contributed by atoms with van der Waals surface area (Å²) in [4.78, 5) is 12.3. The lowest BCUT2D eigenvalue weighted by atomic mass is 9.98. The Morgan fingerprint density at radius 1 is 0.903 bits per heavy atom. The lowest BCUT2D eigenvalue weighted by Crippen LogP contribution is -2.35. The minimum atomic E-state index is -1.12. The normalized spacial score (nSPS) is 13.6. The van der Waals surface area contributed by atoms with Gasteiger partial charge in [-0.2, -0.15) is 0 Å². The van der Waals surface area contributed by atoms with E-state index in [1.807, 2.05) is 24.3 Å². The molecule has 168 valence electrons. The van der Waals surface area contributed by atoms with Gasteiger partial charge in [0.15, 0.2) is 6.10 Å². The number of esters is 1. The highest BCUT2D eigenvalue weighted by Crippen LogP contribution is 2.44. The van der Waals surface area contributed by atoms with Crippen LogP contribution in [0.1, 0.15) is 75.3 Å². The second kappa shape index (κ2) is 12.6. The second-order valence-electron chi connectivity index (χ2n) is 8.55. The van der Waals surface area contributed by atoms with E-state index < -0.39 is 12.1 Å². The van der Waals surface area contributed by atoms with Crippen molar-refractivity contribution in [2.24, 2.45) is 0 Å². The molecule has 0 heterocycles. The molecule has 4 heteroatoms. The Balaban J connectivity index is 1.35. The molecule has 0 spiro atoms. The van der Waals surface area contributed by atoms with Crippen molar-refractivity contribution in [3.8, 4) is 11.1 Å². The Bertz CT molecular complexity index is 774. The van der Waals surface area contributed by atoms with Crippen molar-refractivity contribution < 1.29 is 14.6 Å². The molecule has 31 heavy (non-hydrogen) atoms. The van der Waals surface area contributed by atoms with Gasteiger partial charge >= 0.3 is 5.97 Å². The summed E-state index contributed by atoms with van der Waals surface area (Å²) >= 11 is 0. The van der Waals surface area contributed by atoms with Crippen LogP contribution in [-0.2, 0) is 9.53 Å².